The number of aromatic nitrogens is 1. The molecule has 1 aromatic heterocycles. The van der Waals surface area contributed by atoms with Crippen LogP contribution in [0.1, 0.15) is 17.5 Å². The first-order valence-electron chi connectivity index (χ1n) is 9.89. The Kier molecular flexibility index (Phi) is 5.28. The fraction of sp³-hybridized carbons (Fsp3) is 0.409. The minimum absolute atomic E-state index is 0.0272. The fourth-order valence-corrected chi connectivity index (χ4v) is 3.82. The van der Waals surface area contributed by atoms with E-state index < -0.39 is 0 Å². The highest BCUT2D eigenvalue weighted by atomic mass is 16.2. The second kappa shape index (κ2) is 8.00. The minimum atomic E-state index is -0.182. The van der Waals surface area contributed by atoms with Crippen LogP contribution in [0.2, 0.25) is 0 Å². The van der Waals surface area contributed by atoms with E-state index in [9.17, 15) is 9.59 Å². The zero-order valence-corrected chi connectivity index (χ0v) is 16.2. The van der Waals surface area contributed by atoms with Crippen LogP contribution < -0.4 is 10.2 Å². The summed E-state index contributed by atoms with van der Waals surface area (Å²) >= 11 is 0. The summed E-state index contributed by atoms with van der Waals surface area (Å²) in [6.45, 7) is 5.65. The molecule has 1 saturated carbocycles. The molecule has 0 radical (unpaired) electrons. The number of carbonyl (C=O) groups is 2. The van der Waals surface area contributed by atoms with Crippen LogP contribution in [0.25, 0.3) is 0 Å². The number of nitrogens with zero attached hydrogens (tertiary/aromatic N) is 3. The molecule has 2 atom stereocenters. The molecule has 146 valence electrons. The highest BCUT2D eigenvalue weighted by molar-refractivity contribution is 5.92. The van der Waals surface area contributed by atoms with Crippen molar-refractivity contribution in [2.24, 2.45) is 11.8 Å². The number of anilines is 1. The quantitative estimate of drug-likeness (QED) is 0.864. The molecule has 1 aromatic carbocycles. The van der Waals surface area contributed by atoms with Crippen LogP contribution in [0.15, 0.2) is 48.8 Å². The van der Waals surface area contributed by atoms with Crippen LogP contribution in [0.3, 0.4) is 0 Å². The second-order valence-electron chi connectivity index (χ2n) is 7.68. The van der Waals surface area contributed by atoms with E-state index in [0.717, 1.165) is 18.7 Å². The Morgan fingerprint density at radius 1 is 1.11 bits per heavy atom. The highest BCUT2D eigenvalue weighted by Gasteiger charge is 2.49. The molecule has 2 aliphatic rings. The van der Waals surface area contributed by atoms with Gasteiger partial charge >= 0.3 is 0 Å². The molecule has 0 spiro atoms. The van der Waals surface area contributed by atoms with E-state index >= 15 is 0 Å². The largest absolute Gasteiger partial charge is 0.368 e. The van der Waals surface area contributed by atoms with E-state index in [2.05, 4.69) is 46.4 Å². The Labute approximate surface area is 165 Å². The summed E-state index contributed by atoms with van der Waals surface area (Å²) in [6, 6.07) is 12.2. The predicted molar refractivity (Wildman–Crippen MR) is 108 cm³/mol. The lowest BCUT2D eigenvalue weighted by atomic mass is 10.2. The topological polar surface area (TPSA) is 65.5 Å². The average molecular weight is 378 g/mol. The molecule has 2 heterocycles. The number of pyridine rings is 1. The summed E-state index contributed by atoms with van der Waals surface area (Å²) in [5, 5.41) is 2.92. The number of hydrogen-bond donors (Lipinski definition) is 1. The number of rotatable bonds is 5. The molecule has 2 fully saturated rings. The first kappa shape index (κ1) is 18.5. The molecule has 2 amide bonds. The van der Waals surface area contributed by atoms with Crippen molar-refractivity contribution in [3.05, 3.63) is 59.9 Å². The van der Waals surface area contributed by atoms with Crippen LogP contribution in [-0.4, -0.2) is 47.9 Å². The molecule has 2 aromatic rings. The number of benzene rings is 1. The van der Waals surface area contributed by atoms with Crippen molar-refractivity contribution in [3.63, 3.8) is 0 Å². The van der Waals surface area contributed by atoms with Gasteiger partial charge in [0.1, 0.15) is 0 Å². The second-order valence-corrected chi connectivity index (χ2v) is 7.68. The lowest BCUT2D eigenvalue weighted by molar-refractivity contribution is -0.135. The van der Waals surface area contributed by atoms with E-state index in [4.69, 9.17) is 0 Å². The molecule has 28 heavy (non-hydrogen) atoms. The lowest BCUT2D eigenvalue weighted by Gasteiger charge is -2.36. The van der Waals surface area contributed by atoms with Gasteiger partial charge in [0.2, 0.25) is 11.8 Å². The first-order valence-corrected chi connectivity index (χ1v) is 9.89. The maximum atomic E-state index is 12.8. The van der Waals surface area contributed by atoms with Crippen molar-refractivity contribution in [1.82, 2.24) is 15.2 Å². The predicted octanol–water partition coefficient (Wildman–Crippen LogP) is 1.99. The van der Waals surface area contributed by atoms with E-state index in [1.807, 2.05) is 17.0 Å². The maximum Gasteiger partial charge on any atom is 0.226 e. The average Bonchev–Trinajstić information content (AvgIpc) is 3.53. The number of nitrogens with one attached hydrogen (secondary N) is 1. The zero-order chi connectivity index (χ0) is 19.5. The van der Waals surface area contributed by atoms with Crippen molar-refractivity contribution in [3.8, 4) is 0 Å². The first-order chi connectivity index (χ1) is 13.6. The van der Waals surface area contributed by atoms with Crippen molar-refractivity contribution >= 4 is 17.5 Å². The highest BCUT2D eigenvalue weighted by Crippen LogP contribution is 2.40. The third-order valence-electron chi connectivity index (χ3n) is 5.59. The van der Waals surface area contributed by atoms with Crippen LogP contribution in [0, 0.1) is 18.8 Å². The third-order valence-corrected chi connectivity index (χ3v) is 5.59. The van der Waals surface area contributed by atoms with E-state index in [0.29, 0.717) is 26.1 Å². The van der Waals surface area contributed by atoms with Crippen molar-refractivity contribution in [2.75, 3.05) is 31.1 Å². The number of aryl methyl sites for hydroxylation is 1. The number of hydrogen-bond acceptors (Lipinski definition) is 4. The molecule has 1 N–H and O–H groups in total. The van der Waals surface area contributed by atoms with E-state index in [1.165, 1.54) is 11.3 Å². The minimum Gasteiger partial charge on any atom is -0.368 e. The monoisotopic (exact) mass is 378 g/mol. The molecule has 1 aliphatic heterocycles. The summed E-state index contributed by atoms with van der Waals surface area (Å²) < 4.78 is 0. The van der Waals surface area contributed by atoms with Gasteiger partial charge in [-0.25, -0.2) is 0 Å². The van der Waals surface area contributed by atoms with E-state index in [1.54, 1.807) is 12.4 Å². The maximum absolute atomic E-state index is 12.8. The smallest absolute Gasteiger partial charge is 0.226 e. The van der Waals surface area contributed by atoms with Gasteiger partial charge in [0, 0.05) is 50.8 Å². The van der Waals surface area contributed by atoms with Crippen molar-refractivity contribution in [1.29, 1.82) is 0 Å². The van der Waals surface area contributed by atoms with Gasteiger partial charge in [0.05, 0.1) is 11.8 Å². The molecule has 6 nitrogen and oxygen atoms in total. The normalized spacial score (nSPS) is 21.3. The molecule has 4 rings (SSSR count). The van der Waals surface area contributed by atoms with Crippen LogP contribution in [-0.2, 0) is 16.1 Å². The Morgan fingerprint density at radius 3 is 2.64 bits per heavy atom. The van der Waals surface area contributed by atoms with Gasteiger partial charge in [-0.05, 0) is 42.7 Å². The Morgan fingerprint density at radius 2 is 1.93 bits per heavy atom. The molecular weight excluding hydrogens is 352 g/mol. The van der Waals surface area contributed by atoms with Gasteiger partial charge in [-0.15, -0.1) is 0 Å². The summed E-state index contributed by atoms with van der Waals surface area (Å²) in [5.41, 5.74) is 3.42. The van der Waals surface area contributed by atoms with Gasteiger partial charge in [-0.3, -0.25) is 14.6 Å². The zero-order valence-electron chi connectivity index (χ0n) is 16.2. The number of amides is 2. The van der Waals surface area contributed by atoms with Crippen LogP contribution in [0.4, 0.5) is 5.69 Å². The summed E-state index contributed by atoms with van der Waals surface area (Å²) in [5.74, 6) is -0.232. The van der Waals surface area contributed by atoms with Gasteiger partial charge in [0.15, 0.2) is 0 Å². The van der Waals surface area contributed by atoms with Crippen molar-refractivity contribution < 1.29 is 9.59 Å². The summed E-state index contributed by atoms with van der Waals surface area (Å²) in [7, 11) is 0. The Bertz CT molecular complexity index is 847. The van der Waals surface area contributed by atoms with E-state index in [-0.39, 0.29) is 23.7 Å². The van der Waals surface area contributed by atoms with Gasteiger partial charge in [0.25, 0.3) is 0 Å². The van der Waals surface area contributed by atoms with Gasteiger partial charge < -0.3 is 15.1 Å². The number of piperazine rings is 1. The fourth-order valence-electron chi connectivity index (χ4n) is 3.82. The SMILES string of the molecule is Cc1cccc(N2CCN(C(=O)C3CC3C(=O)NCc3cccnc3)CC2)c1. The molecule has 1 aliphatic carbocycles. The number of carbonyl (C=O) groups excluding carboxylic acids is 2. The third kappa shape index (κ3) is 4.16. The molecule has 0 bridgehead atoms. The van der Waals surface area contributed by atoms with Gasteiger partial charge in [-0.1, -0.05) is 18.2 Å². The Balaban J connectivity index is 1.24. The standard InChI is InChI=1S/C22H26N4O2/c1-16-4-2-6-18(12-16)25-8-10-26(11-9-25)22(28)20-13-19(20)21(27)24-15-17-5-3-7-23-14-17/h2-7,12,14,19-20H,8-11,13,15H2,1H3,(H,24,27). The molecule has 1 saturated heterocycles. The lowest BCUT2D eigenvalue weighted by Crippen LogP contribution is -2.49. The Hall–Kier alpha value is -2.89. The van der Waals surface area contributed by atoms with Crippen LogP contribution >= 0.6 is 0 Å². The summed E-state index contributed by atoms with van der Waals surface area (Å²) in [6.07, 6.45) is 4.11. The molecule has 2 unspecified atom stereocenters. The van der Waals surface area contributed by atoms with Crippen molar-refractivity contribution in [2.45, 2.75) is 19.9 Å². The molecule has 6 heteroatoms. The van der Waals surface area contributed by atoms with Gasteiger partial charge in [-0.2, -0.15) is 0 Å². The van der Waals surface area contributed by atoms with Crippen LogP contribution in [0.5, 0.6) is 0 Å². The molecular formula is C22H26N4O2. The summed E-state index contributed by atoms with van der Waals surface area (Å²) in [4.78, 5) is 33.4.